The van der Waals surface area contributed by atoms with Crippen molar-refractivity contribution in [2.45, 2.75) is 27.7 Å². The highest BCUT2D eigenvalue weighted by Gasteiger charge is 1.96. The van der Waals surface area contributed by atoms with E-state index in [4.69, 9.17) is 0 Å². The summed E-state index contributed by atoms with van der Waals surface area (Å²) in [4.78, 5) is 1.04. The molecule has 0 N–H and O–H groups in total. The maximum absolute atomic E-state index is 4.26. The van der Waals surface area contributed by atoms with Crippen molar-refractivity contribution in [1.29, 1.82) is 0 Å². The summed E-state index contributed by atoms with van der Waals surface area (Å²) >= 11 is 1.46. The average molecular weight is 157 g/mol. The smallest absolute Gasteiger partial charge is 0.0260 e. The molecule has 0 fully saturated rings. The molecule has 0 heterocycles. The first-order chi connectivity index (χ1) is 4.54. The predicted molar refractivity (Wildman–Crippen MR) is 50.4 cm³/mol. The zero-order valence-corrected chi connectivity index (χ0v) is 7.96. The minimum absolute atomic E-state index is 0.548. The Kier molecular flexibility index (Phi) is 4.45. The second kappa shape index (κ2) is 4.56. The Labute approximate surface area is 67.8 Å². The van der Waals surface area contributed by atoms with Crippen LogP contribution in [-0.4, -0.2) is 5.71 Å². The van der Waals surface area contributed by atoms with Gasteiger partial charge in [0.1, 0.15) is 0 Å². The molecule has 0 saturated carbocycles. The maximum Gasteiger partial charge on any atom is 0.0260 e. The second-order valence-electron chi connectivity index (χ2n) is 2.68. The number of allylic oxidation sites excluding steroid dienone is 1. The van der Waals surface area contributed by atoms with Crippen LogP contribution >= 0.6 is 11.9 Å². The lowest BCUT2D eigenvalue weighted by Gasteiger charge is -2.01. The largest absolute Gasteiger partial charge is 0.221 e. The van der Waals surface area contributed by atoms with Gasteiger partial charge in [-0.05, 0) is 24.7 Å². The van der Waals surface area contributed by atoms with Gasteiger partial charge in [0.15, 0.2) is 0 Å². The van der Waals surface area contributed by atoms with E-state index < -0.39 is 0 Å². The van der Waals surface area contributed by atoms with Gasteiger partial charge in [-0.2, -0.15) is 0 Å². The summed E-state index contributed by atoms with van der Waals surface area (Å²) in [5.41, 5.74) is 1.17. The monoisotopic (exact) mass is 157 g/mol. The van der Waals surface area contributed by atoms with Crippen LogP contribution in [0.15, 0.2) is 15.9 Å². The molecule has 0 aromatic heterocycles. The molecule has 0 spiro atoms. The van der Waals surface area contributed by atoms with Crippen LogP contribution in [0.1, 0.15) is 27.7 Å². The van der Waals surface area contributed by atoms with Crippen LogP contribution in [0.25, 0.3) is 0 Å². The summed E-state index contributed by atoms with van der Waals surface area (Å²) in [7, 11) is 0. The third kappa shape index (κ3) is 4.62. The van der Waals surface area contributed by atoms with Crippen LogP contribution in [0.5, 0.6) is 0 Å². The van der Waals surface area contributed by atoms with Crippen LogP contribution in [-0.2, 0) is 0 Å². The van der Waals surface area contributed by atoms with E-state index in [-0.39, 0.29) is 0 Å². The third-order valence-electron chi connectivity index (χ3n) is 1.18. The van der Waals surface area contributed by atoms with E-state index in [2.05, 4.69) is 24.8 Å². The second-order valence-corrected chi connectivity index (χ2v) is 3.74. The Morgan fingerprint density at radius 1 is 1.40 bits per heavy atom. The lowest BCUT2D eigenvalue weighted by molar-refractivity contribution is 0.882. The van der Waals surface area contributed by atoms with E-state index in [1.54, 1.807) is 0 Å². The summed E-state index contributed by atoms with van der Waals surface area (Å²) in [6.45, 7) is 12.0. The Bertz CT molecular complexity index is 147. The van der Waals surface area contributed by atoms with Gasteiger partial charge in [-0.3, -0.25) is 0 Å². The molecule has 0 saturated heterocycles. The molecule has 2 heteroatoms. The highest BCUT2D eigenvalue weighted by atomic mass is 32.2. The SMILES string of the molecule is C=C(C)S/N=C(\C)C(C)C. The van der Waals surface area contributed by atoms with Crippen LogP contribution < -0.4 is 0 Å². The minimum Gasteiger partial charge on any atom is -0.221 e. The Hall–Kier alpha value is -0.240. The van der Waals surface area contributed by atoms with E-state index in [1.165, 1.54) is 17.7 Å². The molecule has 10 heavy (non-hydrogen) atoms. The molecule has 0 aromatic rings. The molecule has 0 rings (SSSR count). The van der Waals surface area contributed by atoms with Crippen LogP contribution in [0, 0.1) is 5.92 Å². The summed E-state index contributed by atoms with van der Waals surface area (Å²) < 4.78 is 4.26. The van der Waals surface area contributed by atoms with Gasteiger partial charge in [0.05, 0.1) is 0 Å². The van der Waals surface area contributed by atoms with Gasteiger partial charge in [0.2, 0.25) is 0 Å². The van der Waals surface area contributed by atoms with Crippen molar-refractivity contribution in [2.75, 3.05) is 0 Å². The molecular formula is C8H15NS. The summed E-state index contributed by atoms with van der Waals surface area (Å²) in [5, 5.41) is 0. The zero-order chi connectivity index (χ0) is 8.15. The van der Waals surface area contributed by atoms with Gasteiger partial charge in [-0.25, -0.2) is 4.40 Å². The van der Waals surface area contributed by atoms with E-state index in [1.807, 2.05) is 13.8 Å². The van der Waals surface area contributed by atoms with Gasteiger partial charge in [0, 0.05) is 17.7 Å². The van der Waals surface area contributed by atoms with Crippen molar-refractivity contribution in [1.82, 2.24) is 0 Å². The molecule has 0 atom stereocenters. The predicted octanol–water partition coefficient (Wildman–Crippen LogP) is 3.29. The average Bonchev–Trinajstić information content (AvgIpc) is 1.82. The summed E-state index contributed by atoms with van der Waals surface area (Å²) in [5.74, 6) is 0.548. The van der Waals surface area contributed by atoms with Crippen molar-refractivity contribution < 1.29 is 0 Å². The highest BCUT2D eigenvalue weighted by Crippen LogP contribution is 2.14. The molecule has 0 aliphatic rings. The van der Waals surface area contributed by atoms with Gasteiger partial charge in [0.25, 0.3) is 0 Å². The molecule has 0 bridgehead atoms. The van der Waals surface area contributed by atoms with Gasteiger partial charge in [-0.1, -0.05) is 20.4 Å². The number of hydrogen-bond acceptors (Lipinski definition) is 2. The number of rotatable bonds is 3. The molecule has 0 aromatic carbocycles. The Balaban J connectivity index is 3.80. The van der Waals surface area contributed by atoms with Gasteiger partial charge in [-0.15, -0.1) is 0 Å². The lowest BCUT2D eigenvalue weighted by Crippen LogP contribution is -1.99. The van der Waals surface area contributed by atoms with Crippen molar-refractivity contribution in [3.8, 4) is 0 Å². The quantitative estimate of drug-likeness (QED) is 0.452. The fourth-order valence-electron chi connectivity index (χ4n) is 0.255. The molecule has 0 unspecified atom stereocenters. The molecule has 0 aliphatic carbocycles. The topological polar surface area (TPSA) is 12.4 Å². The molecular weight excluding hydrogens is 142 g/mol. The fraction of sp³-hybridized carbons (Fsp3) is 0.625. The number of hydrogen-bond donors (Lipinski definition) is 0. The van der Waals surface area contributed by atoms with E-state index in [0.29, 0.717) is 5.92 Å². The summed E-state index contributed by atoms with van der Waals surface area (Å²) in [6.07, 6.45) is 0. The first kappa shape index (κ1) is 9.76. The first-order valence-corrected chi connectivity index (χ1v) is 4.18. The molecule has 1 nitrogen and oxygen atoms in total. The maximum atomic E-state index is 4.26. The number of nitrogens with zero attached hydrogens (tertiary/aromatic N) is 1. The van der Waals surface area contributed by atoms with Crippen molar-refractivity contribution in [3.63, 3.8) is 0 Å². The van der Waals surface area contributed by atoms with E-state index >= 15 is 0 Å². The molecule has 58 valence electrons. The van der Waals surface area contributed by atoms with Crippen LogP contribution in [0.3, 0.4) is 0 Å². The van der Waals surface area contributed by atoms with E-state index in [0.717, 1.165) is 4.91 Å². The van der Waals surface area contributed by atoms with Crippen LogP contribution in [0.2, 0.25) is 0 Å². The van der Waals surface area contributed by atoms with Crippen LogP contribution in [0.4, 0.5) is 0 Å². The zero-order valence-electron chi connectivity index (χ0n) is 7.14. The van der Waals surface area contributed by atoms with Crippen molar-refractivity contribution in [3.05, 3.63) is 11.5 Å². The van der Waals surface area contributed by atoms with Crippen molar-refractivity contribution >= 4 is 17.7 Å². The van der Waals surface area contributed by atoms with Gasteiger partial charge >= 0.3 is 0 Å². The molecule has 0 aliphatic heterocycles. The first-order valence-electron chi connectivity index (χ1n) is 3.41. The Morgan fingerprint density at radius 3 is 2.20 bits per heavy atom. The molecule has 0 radical (unpaired) electrons. The standard InChI is InChI=1S/C8H15NS/c1-6(2)8(5)9-10-7(3)4/h6H,3H2,1-2,4-5H3/b9-8+. The van der Waals surface area contributed by atoms with E-state index in [9.17, 15) is 0 Å². The molecule has 0 amide bonds. The van der Waals surface area contributed by atoms with Crippen molar-refractivity contribution in [2.24, 2.45) is 10.3 Å². The summed E-state index contributed by atoms with van der Waals surface area (Å²) in [6, 6.07) is 0. The van der Waals surface area contributed by atoms with Gasteiger partial charge < -0.3 is 0 Å². The highest BCUT2D eigenvalue weighted by molar-refractivity contribution is 8.01. The normalized spacial score (nSPS) is 12.3. The lowest BCUT2D eigenvalue weighted by atomic mass is 10.1. The fourth-order valence-corrected chi connectivity index (χ4v) is 0.766. The third-order valence-corrected chi connectivity index (χ3v) is 1.87. The Morgan fingerprint density at radius 2 is 1.90 bits per heavy atom. The minimum atomic E-state index is 0.548.